The largest absolute Gasteiger partial charge is 0.504 e. The summed E-state index contributed by atoms with van der Waals surface area (Å²) in [4.78, 5) is 0. The molecule has 1 aromatic carbocycles. The Morgan fingerprint density at radius 1 is 0.947 bits per heavy atom. The van der Waals surface area contributed by atoms with Gasteiger partial charge in [0, 0.05) is 34.5 Å². The van der Waals surface area contributed by atoms with Gasteiger partial charge in [0.15, 0.2) is 6.29 Å². The summed E-state index contributed by atoms with van der Waals surface area (Å²) in [5, 5.41) is 0. The molecular formula is C13H22O5Si. The highest BCUT2D eigenvalue weighted by Crippen LogP contribution is 2.18. The highest BCUT2D eigenvalue weighted by Gasteiger charge is 2.37. The molecule has 19 heavy (non-hydrogen) atoms. The number of ether oxygens (including phenoxy) is 2. The average Bonchev–Trinajstić information content (AvgIpc) is 2.46. The Kier molecular flexibility index (Phi) is 6.46. The monoisotopic (exact) mass is 286 g/mol. The highest BCUT2D eigenvalue weighted by atomic mass is 28.4. The molecule has 1 rings (SSSR count). The van der Waals surface area contributed by atoms with E-state index in [0.717, 1.165) is 11.3 Å². The van der Waals surface area contributed by atoms with Gasteiger partial charge in [-0.3, -0.25) is 0 Å². The average molecular weight is 286 g/mol. The van der Waals surface area contributed by atoms with E-state index in [1.165, 1.54) is 0 Å². The lowest BCUT2D eigenvalue weighted by Crippen LogP contribution is -2.45. The van der Waals surface area contributed by atoms with Gasteiger partial charge in [0.2, 0.25) is 0 Å². The van der Waals surface area contributed by atoms with E-state index in [2.05, 4.69) is 0 Å². The molecule has 0 saturated carbocycles. The minimum absolute atomic E-state index is 0.267. The summed E-state index contributed by atoms with van der Waals surface area (Å²) < 4.78 is 26.8. The fraction of sp³-hybridized carbons (Fsp3) is 0.538. The van der Waals surface area contributed by atoms with Crippen LogP contribution >= 0.6 is 0 Å². The Hall–Kier alpha value is -0.923. The van der Waals surface area contributed by atoms with Crippen LogP contribution < -0.4 is 4.74 Å². The van der Waals surface area contributed by atoms with Crippen LogP contribution in [0.1, 0.15) is 12.5 Å². The van der Waals surface area contributed by atoms with Gasteiger partial charge in [-0.25, -0.2) is 0 Å². The molecule has 0 aromatic heterocycles. The van der Waals surface area contributed by atoms with E-state index in [1.807, 2.05) is 31.2 Å². The number of methoxy groups -OCH3 is 1. The Morgan fingerprint density at radius 2 is 1.47 bits per heavy atom. The van der Waals surface area contributed by atoms with Gasteiger partial charge >= 0.3 is 8.80 Å². The van der Waals surface area contributed by atoms with Gasteiger partial charge in [0.1, 0.15) is 5.75 Å². The second-order valence-electron chi connectivity index (χ2n) is 4.04. The molecule has 0 fully saturated rings. The van der Waals surface area contributed by atoms with Gasteiger partial charge in [-0.15, -0.1) is 0 Å². The normalized spacial score (nSPS) is 13.3. The van der Waals surface area contributed by atoms with Crippen LogP contribution in [0.2, 0.25) is 0 Å². The van der Waals surface area contributed by atoms with Gasteiger partial charge in [0.25, 0.3) is 0 Å². The number of hydrogen-bond acceptors (Lipinski definition) is 5. The van der Waals surface area contributed by atoms with Gasteiger partial charge in [-0.2, -0.15) is 0 Å². The lowest BCUT2D eigenvalue weighted by Gasteiger charge is -2.24. The van der Waals surface area contributed by atoms with Crippen LogP contribution in [0.3, 0.4) is 0 Å². The fourth-order valence-electron chi connectivity index (χ4n) is 1.64. The summed E-state index contributed by atoms with van der Waals surface area (Å²) in [6.07, 6.45) is -0.267. The fourth-order valence-corrected chi connectivity index (χ4v) is 3.31. The van der Waals surface area contributed by atoms with Crippen LogP contribution in [0.15, 0.2) is 24.3 Å². The molecule has 1 aromatic rings. The first-order valence-corrected chi connectivity index (χ1v) is 7.96. The number of rotatable bonds is 8. The molecule has 0 N–H and O–H groups in total. The first-order valence-electron chi connectivity index (χ1n) is 6.03. The molecule has 0 aliphatic carbocycles. The maximum absolute atomic E-state index is 5.52. The lowest BCUT2D eigenvalue weighted by molar-refractivity contribution is -0.0382. The molecule has 108 valence electrons. The van der Waals surface area contributed by atoms with Crippen molar-refractivity contribution in [2.75, 3.05) is 28.4 Å². The third-order valence-electron chi connectivity index (χ3n) is 2.91. The van der Waals surface area contributed by atoms with E-state index in [4.69, 9.17) is 22.8 Å². The van der Waals surface area contributed by atoms with E-state index in [1.54, 1.807) is 28.4 Å². The molecule has 1 atom stereocenters. The van der Waals surface area contributed by atoms with Gasteiger partial charge in [-0.05, 0) is 24.6 Å². The zero-order chi connectivity index (χ0) is 14.3. The minimum atomic E-state index is -2.58. The van der Waals surface area contributed by atoms with Crippen molar-refractivity contribution in [3.8, 4) is 5.75 Å². The molecular weight excluding hydrogens is 264 g/mol. The molecule has 6 heteroatoms. The van der Waals surface area contributed by atoms with Gasteiger partial charge in [-0.1, -0.05) is 12.1 Å². The molecule has 0 radical (unpaired) electrons. The molecule has 5 nitrogen and oxygen atoms in total. The molecule has 0 saturated heterocycles. The maximum atomic E-state index is 5.52. The number of benzene rings is 1. The Labute approximate surface area is 115 Å². The first-order chi connectivity index (χ1) is 9.09. The molecule has 0 bridgehead atoms. The van der Waals surface area contributed by atoms with E-state index < -0.39 is 8.80 Å². The SMILES string of the molecule is COC(C)Oc1ccc(C[Si](OC)(OC)OC)cc1. The van der Waals surface area contributed by atoms with Gasteiger partial charge in [0.05, 0.1) is 0 Å². The minimum Gasteiger partial charge on any atom is -0.465 e. The van der Waals surface area contributed by atoms with E-state index in [-0.39, 0.29) is 6.29 Å². The molecule has 0 aliphatic rings. The Balaban J connectivity index is 2.71. The van der Waals surface area contributed by atoms with Crippen LogP contribution in [0.5, 0.6) is 5.75 Å². The van der Waals surface area contributed by atoms with Crippen molar-refractivity contribution < 1.29 is 22.8 Å². The summed E-state index contributed by atoms with van der Waals surface area (Å²) in [5.74, 6) is 0.762. The van der Waals surface area contributed by atoms with Crippen LogP contribution in [-0.4, -0.2) is 43.5 Å². The second-order valence-corrected chi connectivity index (χ2v) is 6.98. The van der Waals surface area contributed by atoms with Crippen LogP contribution in [0.25, 0.3) is 0 Å². The predicted molar refractivity (Wildman–Crippen MR) is 74.0 cm³/mol. The zero-order valence-corrected chi connectivity index (χ0v) is 13.1. The molecule has 1 unspecified atom stereocenters. The summed E-state index contributed by atoms with van der Waals surface area (Å²) in [5.41, 5.74) is 1.08. The smallest absolute Gasteiger partial charge is 0.465 e. The van der Waals surface area contributed by atoms with Crippen molar-refractivity contribution in [2.24, 2.45) is 0 Å². The van der Waals surface area contributed by atoms with Crippen molar-refractivity contribution in [3.63, 3.8) is 0 Å². The maximum Gasteiger partial charge on any atom is 0.504 e. The third-order valence-corrected chi connectivity index (χ3v) is 5.62. The second kappa shape index (κ2) is 7.61. The number of hydrogen-bond donors (Lipinski definition) is 0. The predicted octanol–water partition coefficient (Wildman–Crippen LogP) is 2.02. The molecule has 0 aliphatic heterocycles. The molecule has 0 amide bonds. The summed E-state index contributed by atoms with van der Waals surface area (Å²) in [6, 6.07) is 8.35. The highest BCUT2D eigenvalue weighted by molar-refractivity contribution is 6.60. The topological polar surface area (TPSA) is 46.2 Å². The van der Waals surface area contributed by atoms with Crippen molar-refractivity contribution in [1.82, 2.24) is 0 Å². The summed E-state index contributed by atoms with van der Waals surface area (Å²) in [7, 11) is 3.85. The van der Waals surface area contributed by atoms with Crippen molar-refractivity contribution in [1.29, 1.82) is 0 Å². The Morgan fingerprint density at radius 3 is 1.89 bits per heavy atom. The summed E-state index contributed by atoms with van der Waals surface area (Å²) >= 11 is 0. The van der Waals surface area contributed by atoms with Crippen LogP contribution in [-0.2, 0) is 24.1 Å². The lowest BCUT2D eigenvalue weighted by atomic mass is 10.2. The van der Waals surface area contributed by atoms with E-state index in [0.29, 0.717) is 6.04 Å². The van der Waals surface area contributed by atoms with Crippen LogP contribution in [0, 0.1) is 0 Å². The van der Waals surface area contributed by atoms with E-state index >= 15 is 0 Å². The standard InChI is InChI=1S/C13H22O5Si/c1-11(14-2)18-13-8-6-12(7-9-13)10-19(15-3,16-4)17-5/h6-9,11H,10H2,1-5H3. The van der Waals surface area contributed by atoms with Crippen molar-refractivity contribution >= 4 is 8.80 Å². The quantitative estimate of drug-likeness (QED) is 0.540. The van der Waals surface area contributed by atoms with E-state index in [9.17, 15) is 0 Å². The third kappa shape index (κ3) is 4.59. The zero-order valence-electron chi connectivity index (χ0n) is 12.1. The van der Waals surface area contributed by atoms with Crippen molar-refractivity contribution in [2.45, 2.75) is 19.3 Å². The molecule has 0 spiro atoms. The Bertz CT molecular complexity index is 356. The first kappa shape index (κ1) is 16.1. The summed E-state index contributed by atoms with van der Waals surface area (Å²) in [6.45, 7) is 1.84. The van der Waals surface area contributed by atoms with Crippen LogP contribution in [0.4, 0.5) is 0 Å². The molecule has 0 heterocycles. The van der Waals surface area contributed by atoms with Crippen molar-refractivity contribution in [3.05, 3.63) is 29.8 Å². The van der Waals surface area contributed by atoms with Gasteiger partial charge < -0.3 is 22.8 Å².